The highest BCUT2D eigenvalue weighted by molar-refractivity contribution is 5.63. The van der Waals surface area contributed by atoms with Gasteiger partial charge in [0.1, 0.15) is 5.75 Å². The lowest BCUT2D eigenvalue weighted by atomic mass is 9.73. The fraction of sp³-hybridized carbons (Fsp3) is 0.333. The van der Waals surface area contributed by atoms with Crippen LogP contribution in [0, 0.1) is 13.8 Å². The van der Waals surface area contributed by atoms with Gasteiger partial charge in [-0.25, -0.2) is 4.57 Å². The van der Waals surface area contributed by atoms with E-state index in [0.717, 1.165) is 35.1 Å². The fourth-order valence-electron chi connectivity index (χ4n) is 3.81. The van der Waals surface area contributed by atoms with E-state index in [1.54, 1.807) is 12.1 Å². The summed E-state index contributed by atoms with van der Waals surface area (Å²) in [6, 6.07) is 3.46. The van der Waals surface area contributed by atoms with Crippen LogP contribution in [0.1, 0.15) is 46.9 Å². The van der Waals surface area contributed by atoms with Crippen LogP contribution in [-0.2, 0) is 0 Å². The van der Waals surface area contributed by atoms with Gasteiger partial charge in [-0.1, -0.05) is 12.2 Å². The minimum Gasteiger partial charge on any atom is -0.506 e. The molecule has 3 aliphatic rings. The number of rotatable bonds is 1. The Morgan fingerprint density at radius 3 is 1.86 bits per heavy atom. The molecule has 5 rings (SSSR count). The second kappa shape index (κ2) is 4.32. The van der Waals surface area contributed by atoms with Gasteiger partial charge in [-0.2, -0.15) is 0 Å². The first kappa shape index (κ1) is 13.3. The number of allylic oxidation sites excluding steroid dienone is 2. The number of hydrogen-bond donors (Lipinski definition) is 3. The number of fused-ring (bicyclic) bond motifs is 1. The van der Waals surface area contributed by atoms with E-state index in [-0.39, 0.29) is 29.3 Å². The van der Waals surface area contributed by atoms with E-state index in [9.17, 15) is 15.3 Å². The molecule has 0 spiro atoms. The molecule has 0 unspecified atom stereocenters. The lowest BCUT2D eigenvalue weighted by Crippen LogP contribution is -2.15. The van der Waals surface area contributed by atoms with Crippen LogP contribution in [0.15, 0.2) is 24.3 Å². The number of hydrogen-bond acceptors (Lipinski definition) is 3. The molecule has 3 aliphatic carbocycles. The number of aromatic hydroxyl groups is 3. The molecule has 0 fully saturated rings. The maximum Gasteiger partial charge on any atom is 0.202 e. The molecule has 2 aromatic rings. The van der Waals surface area contributed by atoms with Gasteiger partial charge in [0.05, 0.1) is 5.69 Å². The van der Waals surface area contributed by atoms with Gasteiger partial charge in [0.2, 0.25) is 11.8 Å². The molecule has 4 heteroatoms. The summed E-state index contributed by atoms with van der Waals surface area (Å²) in [4.78, 5) is 0. The largest absolute Gasteiger partial charge is 0.506 e. The first-order chi connectivity index (χ1) is 10.5. The van der Waals surface area contributed by atoms with Crippen molar-refractivity contribution < 1.29 is 15.3 Å². The highest BCUT2D eigenvalue weighted by atomic mass is 16.3. The Balaban J connectivity index is 1.99. The molecule has 0 radical (unpaired) electrons. The van der Waals surface area contributed by atoms with Crippen LogP contribution in [0.5, 0.6) is 17.5 Å². The first-order valence-electron chi connectivity index (χ1n) is 7.64. The number of nitrogens with zero attached hydrogens (tertiary/aromatic N) is 1. The second-order valence-corrected chi connectivity index (χ2v) is 6.41. The van der Waals surface area contributed by atoms with E-state index in [1.807, 2.05) is 13.8 Å². The summed E-state index contributed by atoms with van der Waals surface area (Å²) in [6.45, 7) is 3.87. The Morgan fingerprint density at radius 2 is 1.36 bits per heavy atom. The number of phenolic OH excluding ortho intramolecular Hbond substituents is 1. The third-order valence-electron chi connectivity index (χ3n) is 5.13. The zero-order valence-electron chi connectivity index (χ0n) is 12.7. The van der Waals surface area contributed by atoms with Crippen LogP contribution in [0.25, 0.3) is 5.69 Å². The third-order valence-corrected chi connectivity index (χ3v) is 5.13. The van der Waals surface area contributed by atoms with Gasteiger partial charge >= 0.3 is 0 Å². The Morgan fingerprint density at radius 1 is 0.864 bits per heavy atom. The summed E-state index contributed by atoms with van der Waals surface area (Å²) in [5.41, 5.74) is 4.02. The number of aryl methyl sites for hydroxylation is 2. The van der Waals surface area contributed by atoms with Crippen molar-refractivity contribution in [3.8, 4) is 23.2 Å². The molecule has 1 aromatic heterocycles. The molecule has 0 saturated carbocycles. The number of phenols is 1. The van der Waals surface area contributed by atoms with Crippen molar-refractivity contribution in [3.63, 3.8) is 0 Å². The summed E-state index contributed by atoms with van der Waals surface area (Å²) in [6.07, 6.45) is 6.20. The highest BCUT2D eigenvalue weighted by Crippen LogP contribution is 2.54. The minimum absolute atomic E-state index is 0.0464. The van der Waals surface area contributed by atoms with Gasteiger partial charge in [0.25, 0.3) is 0 Å². The molecule has 1 aromatic carbocycles. The van der Waals surface area contributed by atoms with Gasteiger partial charge in [-0.3, -0.25) is 0 Å². The molecule has 22 heavy (non-hydrogen) atoms. The van der Waals surface area contributed by atoms with Crippen LogP contribution < -0.4 is 0 Å². The maximum absolute atomic E-state index is 10.7. The Hall–Kier alpha value is -2.36. The number of aromatic nitrogens is 1. The average molecular weight is 297 g/mol. The molecule has 114 valence electrons. The summed E-state index contributed by atoms with van der Waals surface area (Å²) >= 11 is 0. The molecule has 0 aliphatic heterocycles. The molecule has 4 nitrogen and oxygen atoms in total. The zero-order valence-corrected chi connectivity index (χ0v) is 12.7. The molecular weight excluding hydrogens is 278 g/mol. The fourth-order valence-corrected chi connectivity index (χ4v) is 3.81. The van der Waals surface area contributed by atoms with Gasteiger partial charge in [0.15, 0.2) is 0 Å². The first-order valence-corrected chi connectivity index (χ1v) is 7.64. The second-order valence-electron chi connectivity index (χ2n) is 6.41. The van der Waals surface area contributed by atoms with Crippen LogP contribution >= 0.6 is 0 Å². The molecule has 0 saturated heterocycles. The SMILES string of the molecule is Cc1cc(O)c(-n2c(O)c3c(c2O)[C@H]2C=C[C@@H]3CC2)cc1C. The predicted octanol–water partition coefficient (Wildman–Crippen LogP) is 3.74. The molecule has 0 amide bonds. The number of benzene rings is 1. The van der Waals surface area contributed by atoms with E-state index < -0.39 is 0 Å². The quantitative estimate of drug-likeness (QED) is 0.702. The zero-order chi connectivity index (χ0) is 15.6. The summed E-state index contributed by atoms with van der Waals surface area (Å²) in [5.74, 6) is 0.457. The van der Waals surface area contributed by atoms with Gasteiger partial charge in [0, 0.05) is 23.0 Å². The van der Waals surface area contributed by atoms with Crippen molar-refractivity contribution in [2.24, 2.45) is 0 Å². The smallest absolute Gasteiger partial charge is 0.202 e. The van der Waals surface area contributed by atoms with Crippen molar-refractivity contribution in [2.45, 2.75) is 38.5 Å². The van der Waals surface area contributed by atoms with Gasteiger partial charge in [-0.05, 0) is 49.9 Å². The molecule has 3 N–H and O–H groups in total. The van der Waals surface area contributed by atoms with Crippen LogP contribution in [-0.4, -0.2) is 19.9 Å². The molecular formula is C18H19NO3. The van der Waals surface area contributed by atoms with Crippen molar-refractivity contribution in [2.75, 3.05) is 0 Å². The summed E-state index contributed by atoms with van der Waals surface area (Å²) in [5, 5.41) is 31.6. The van der Waals surface area contributed by atoms with Gasteiger partial charge in [-0.15, -0.1) is 0 Å². The van der Waals surface area contributed by atoms with Crippen molar-refractivity contribution in [1.82, 2.24) is 4.57 Å². The Bertz CT molecular complexity index is 779. The van der Waals surface area contributed by atoms with Gasteiger partial charge < -0.3 is 15.3 Å². The summed E-state index contributed by atoms with van der Waals surface area (Å²) < 4.78 is 1.38. The van der Waals surface area contributed by atoms with E-state index in [4.69, 9.17) is 0 Å². The Labute approximate surface area is 129 Å². The molecule has 2 atom stereocenters. The van der Waals surface area contributed by atoms with Crippen LogP contribution in [0.2, 0.25) is 0 Å². The van der Waals surface area contributed by atoms with Crippen molar-refractivity contribution >= 4 is 0 Å². The lowest BCUT2D eigenvalue weighted by molar-refractivity contribution is 0.393. The van der Waals surface area contributed by atoms with Crippen LogP contribution in [0.4, 0.5) is 0 Å². The Kier molecular flexibility index (Phi) is 2.61. The van der Waals surface area contributed by atoms with Crippen molar-refractivity contribution in [1.29, 1.82) is 0 Å². The lowest BCUT2D eigenvalue weighted by Gasteiger charge is -2.30. The molecule has 1 heterocycles. The topological polar surface area (TPSA) is 65.6 Å². The summed E-state index contributed by atoms with van der Waals surface area (Å²) in [7, 11) is 0. The van der Waals surface area contributed by atoms with E-state index in [2.05, 4.69) is 12.2 Å². The monoisotopic (exact) mass is 297 g/mol. The van der Waals surface area contributed by atoms with E-state index in [0.29, 0.717) is 5.69 Å². The van der Waals surface area contributed by atoms with Crippen LogP contribution in [0.3, 0.4) is 0 Å². The standard InChI is InChI=1S/C18H19NO3/c1-9-7-13(14(20)8-10(9)2)19-17(21)15-11-3-4-12(6-5-11)16(15)18(19)22/h3-4,7-8,11-12,20-22H,5-6H2,1-2H3/t11-,12+. The minimum atomic E-state index is 0.0464. The molecule has 2 bridgehead atoms. The third kappa shape index (κ3) is 1.58. The maximum atomic E-state index is 10.7. The normalized spacial score (nSPS) is 22.1. The average Bonchev–Trinajstić information content (AvgIpc) is 2.78. The predicted molar refractivity (Wildman–Crippen MR) is 84.1 cm³/mol. The van der Waals surface area contributed by atoms with E-state index >= 15 is 0 Å². The van der Waals surface area contributed by atoms with Crippen molar-refractivity contribution in [3.05, 3.63) is 46.5 Å². The van der Waals surface area contributed by atoms with E-state index in [1.165, 1.54) is 4.57 Å². The highest BCUT2D eigenvalue weighted by Gasteiger charge is 2.38.